The van der Waals surface area contributed by atoms with Crippen molar-refractivity contribution in [3.63, 3.8) is 0 Å². The highest BCUT2D eigenvalue weighted by Gasteiger charge is 2.42. The Morgan fingerprint density at radius 1 is 1.40 bits per heavy atom. The van der Waals surface area contributed by atoms with Crippen LogP contribution in [0.3, 0.4) is 0 Å². The first-order valence-electron chi connectivity index (χ1n) is 6.45. The Kier molecular flexibility index (Phi) is 4.65. The summed E-state index contributed by atoms with van der Waals surface area (Å²) >= 11 is 4.49. The fraction of sp³-hybridized carbons (Fsp3) is 0.500. The summed E-state index contributed by atoms with van der Waals surface area (Å²) in [7, 11) is 0. The van der Waals surface area contributed by atoms with Crippen LogP contribution in [0.5, 0.6) is 0 Å². The topological polar surface area (TPSA) is 35.2 Å². The van der Waals surface area contributed by atoms with Gasteiger partial charge in [-0.15, -0.1) is 0 Å². The molecule has 6 heteroatoms. The molecular formula is C14H16F3NOS. The zero-order chi connectivity index (χ0) is 14.8. The zero-order valence-corrected chi connectivity index (χ0v) is 11.6. The van der Waals surface area contributed by atoms with Gasteiger partial charge in [0.1, 0.15) is 5.92 Å². The molecule has 0 radical (unpaired) electrons. The minimum absolute atomic E-state index is 0.306. The van der Waals surface area contributed by atoms with E-state index in [9.17, 15) is 13.2 Å². The number of alkyl halides is 3. The van der Waals surface area contributed by atoms with Crippen molar-refractivity contribution in [3.05, 3.63) is 35.4 Å². The Balaban J connectivity index is 2.06. The van der Waals surface area contributed by atoms with E-state index in [1.165, 1.54) is 0 Å². The van der Waals surface area contributed by atoms with E-state index >= 15 is 0 Å². The fourth-order valence-corrected chi connectivity index (χ4v) is 2.63. The minimum Gasteiger partial charge on any atom is -0.393 e. The van der Waals surface area contributed by atoms with Gasteiger partial charge in [-0.2, -0.15) is 13.2 Å². The van der Waals surface area contributed by atoms with Gasteiger partial charge in [-0.1, -0.05) is 36.5 Å². The lowest BCUT2D eigenvalue weighted by molar-refractivity contribution is -0.172. The van der Waals surface area contributed by atoms with Gasteiger partial charge in [0.05, 0.1) is 17.7 Å². The number of rotatable bonds is 4. The maximum atomic E-state index is 12.8. The first kappa shape index (κ1) is 15.3. The molecule has 0 aliphatic heterocycles. The van der Waals surface area contributed by atoms with Crippen LogP contribution >= 0.6 is 12.2 Å². The molecule has 1 aliphatic carbocycles. The second-order valence-electron chi connectivity index (χ2n) is 4.91. The summed E-state index contributed by atoms with van der Waals surface area (Å²) in [6.45, 7) is -0.516. The molecule has 0 amide bonds. The Morgan fingerprint density at radius 2 is 2.10 bits per heavy atom. The summed E-state index contributed by atoms with van der Waals surface area (Å²) in [4.78, 5) is -0.568. The fourth-order valence-electron chi connectivity index (χ4n) is 2.43. The van der Waals surface area contributed by atoms with Crippen LogP contribution in [0.4, 0.5) is 13.2 Å². The summed E-state index contributed by atoms with van der Waals surface area (Å²) in [6, 6.07) is 7.69. The van der Waals surface area contributed by atoms with Gasteiger partial charge in [-0.3, -0.25) is 0 Å². The molecule has 0 saturated heterocycles. The number of ether oxygens (including phenoxy) is 1. The van der Waals surface area contributed by atoms with Gasteiger partial charge in [0.15, 0.2) is 0 Å². The van der Waals surface area contributed by atoms with Crippen molar-refractivity contribution in [1.82, 2.24) is 0 Å². The van der Waals surface area contributed by atoms with Crippen LogP contribution in [0.2, 0.25) is 0 Å². The summed E-state index contributed by atoms with van der Waals surface area (Å²) in [6.07, 6.45) is -2.20. The highest BCUT2D eigenvalue weighted by Crippen LogP contribution is 2.34. The molecule has 0 saturated carbocycles. The van der Waals surface area contributed by atoms with E-state index < -0.39 is 23.7 Å². The van der Waals surface area contributed by atoms with Gasteiger partial charge in [0.25, 0.3) is 0 Å². The van der Waals surface area contributed by atoms with Gasteiger partial charge in [-0.25, -0.2) is 0 Å². The maximum Gasteiger partial charge on any atom is 0.400 e. The van der Waals surface area contributed by atoms with Crippen LogP contribution in [-0.4, -0.2) is 17.8 Å². The third-order valence-corrected chi connectivity index (χ3v) is 3.80. The number of benzene rings is 1. The van der Waals surface area contributed by atoms with Crippen molar-refractivity contribution in [2.24, 2.45) is 11.7 Å². The molecule has 0 spiro atoms. The van der Waals surface area contributed by atoms with Gasteiger partial charge >= 0.3 is 6.18 Å². The van der Waals surface area contributed by atoms with E-state index in [-0.39, 0.29) is 6.10 Å². The van der Waals surface area contributed by atoms with Gasteiger partial charge < -0.3 is 10.5 Å². The average molecular weight is 303 g/mol. The lowest BCUT2D eigenvalue weighted by atomic mass is 9.89. The molecule has 1 aromatic rings. The number of hydrogen-bond acceptors (Lipinski definition) is 2. The van der Waals surface area contributed by atoms with Gasteiger partial charge in [0, 0.05) is 0 Å². The summed E-state index contributed by atoms with van der Waals surface area (Å²) in [5.41, 5.74) is 7.28. The number of thiocarbonyl (C=S) groups is 1. The second kappa shape index (κ2) is 6.10. The summed E-state index contributed by atoms with van der Waals surface area (Å²) in [5.74, 6) is -1.88. The monoisotopic (exact) mass is 303 g/mol. The van der Waals surface area contributed by atoms with E-state index in [1.54, 1.807) is 0 Å². The minimum atomic E-state index is -4.46. The average Bonchev–Trinajstić information content (AvgIpc) is 2.37. The molecule has 0 heterocycles. The van der Waals surface area contributed by atoms with Crippen LogP contribution in [0.25, 0.3) is 0 Å². The second-order valence-corrected chi connectivity index (χ2v) is 5.38. The zero-order valence-electron chi connectivity index (χ0n) is 10.8. The van der Waals surface area contributed by atoms with Crippen LogP contribution in [0, 0.1) is 5.92 Å². The van der Waals surface area contributed by atoms with E-state index in [0.717, 1.165) is 30.4 Å². The van der Waals surface area contributed by atoms with E-state index in [0.29, 0.717) is 0 Å². The lowest BCUT2D eigenvalue weighted by Gasteiger charge is -2.28. The summed E-state index contributed by atoms with van der Waals surface area (Å²) < 4.78 is 43.8. The maximum absolute atomic E-state index is 12.8. The Morgan fingerprint density at radius 3 is 2.75 bits per heavy atom. The van der Waals surface area contributed by atoms with Crippen LogP contribution < -0.4 is 5.73 Å². The van der Waals surface area contributed by atoms with Crippen molar-refractivity contribution in [1.29, 1.82) is 0 Å². The predicted octanol–water partition coefficient (Wildman–Crippen LogP) is 3.55. The lowest BCUT2D eigenvalue weighted by Crippen LogP contribution is -2.38. The number of fused-ring (bicyclic) bond motifs is 1. The number of halogens is 3. The molecule has 0 fully saturated rings. The smallest absolute Gasteiger partial charge is 0.393 e. The molecule has 2 unspecified atom stereocenters. The van der Waals surface area contributed by atoms with Crippen molar-refractivity contribution in [2.45, 2.75) is 31.5 Å². The summed E-state index contributed by atoms with van der Waals surface area (Å²) in [5, 5.41) is 0. The van der Waals surface area contributed by atoms with Crippen molar-refractivity contribution in [2.75, 3.05) is 6.61 Å². The Bertz CT molecular complexity index is 490. The molecule has 2 rings (SSSR count). The SMILES string of the molecule is NC(=S)C(COC1CCCc2ccccc21)C(F)(F)F. The highest BCUT2D eigenvalue weighted by molar-refractivity contribution is 7.80. The number of aryl methyl sites for hydroxylation is 1. The largest absolute Gasteiger partial charge is 0.400 e. The first-order valence-corrected chi connectivity index (χ1v) is 6.86. The Hall–Kier alpha value is -1.14. The third-order valence-electron chi connectivity index (χ3n) is 3.52. The molecule has 0 aromatic heterocycles. The molecule has 2 atom stereocenters. The van der Waals surface area contributed by atoms with Crippen LogP contribution in [0.15, 0.2) is 24.3 Å². The molecule has 20 heavy (non-hydrogen) atoms. The standard InChI is InChI=1S/C14H16F3NOS/c15-14(16,17)11(13(18)20)8-19-12-7-3-5-9-4-1-2-6-10(9)12/h1-2,4,6,11-12H,3,5,7-8H2,(H2,18,20). The predicted molar refractivity (Wildman–Crippen MR) is 74.4 cm³/mol. The molecule has 0 bridgehead atoms. The van der Waals surface area contributed by atoms with E-state index in [1.807, 2.05) is 24.3 Å². The van der Waals surface area contributed by atoms with E-state index in [4.69, 9.17) is 10.5 Å². The van der Waals surface area contributed by atoms with Crippen molar-refractivity contribution >= 4 is 17.2 Å². The first-order chi connectivity index (χ1) is 9.39. The normalized spacial score (nSPS) is 20.2. The Labute approximate surface area is 121 Å². The van der Waals surface area contributed by atoms with Crippen molar-refractivity contribution < 1.29 is 17.9 Å². The molecule has 1 aliphatic rings. The highest BCUT2D eigenvalue weighted by atomic mass is 32.1. The molecular weight excluding hydrogens is 287 g/mol. The van der Waals surface area contributed by atoms with Gasteiger partial charge in [0.2, 0.25) is 0 Å². The third kappa shape index (κ3) is 3.49. The van der Waals surface area contributed by atoms with Gasteiger partial charge in [-0.05, 0) is 30.4 Å². The van der Waals surface area contributed by atoms with Crippen LogP contribution in [-0.2, 0) is 11.2 Å². The molecule has 110 valence electrons. The van der Waals surface area contributed by atoms with Crippen molar-refractivity contribution in [3.8, 4) is 0 Å². The van der Waals surface area contributed by atoms with Crippen LogP contribution in [0.1, 0.15) is 30.1 Å². The van der Waals surface area contributed by atoms with E-state index in [2.05, 4.69) is 12.2 Å². The molecule has 2 N–H and O–H groups in total. The molecule has 1 aromatic carbocycles. The number of hydrogen-bond donors (Lipinski definition) is 1. The quantitative estimate of drug-likeness (QED) is 0.864. The number of nitrogens with two attached hydrogens (primary N) is 1. The molecule has 2 nitrogen and oxygen atoms in total.